The number of aryl methyl sites for hydroxylation is 1. The van der Waals surface area contributed by atoms with Crippen LogP contribution < -0.4 is 10.5 Å². The second-order valence-electron chi connectivity index (χ2n) is 4.56. The summed E-state index contributed by atoms with van der Waals surface area (Å²) in [7, 11) is 0. The Balaban J connectivity index is 2.68. The van der Waals surface area contributed by atoms with Crippen molar-refractivity contribution in [2.24, 2.45) is 5.41 Å². The largest absolute Gasteiger partial charge is 0.477 e. The summed E-state index contributed by atoms with van der Waals surface area (Å²) in [6.07, 6.45) is 0. The van der Waals surface area contributed by atoms with E-state index in [1.807, 2.05) is 6.92 Å². The van der Waals surface area contributed by atoms with Crippen LogP contribution >= 0.6 is 0 Å². The Morgan fingerprint density at radius 1 is 1.36 bits per heavy atom. The fourth-order valence-corrected chi connectivity index (χ4v) is 0.926. The van der Waals surface area contributed by atoms with Crippen molar-refractivity contribution in [1.29, 1.82) is 0 Å². The van der Waals surface area contributed by atoms with Crippen LogP contribution in [0.4, 0.5) is 5.95 Å². The summed E-state index contributed by atoms with van der Waals surface area (Å²) in [5, 5.41) is 0. The van der Waals surface area contributed by atoms with Gasteiger partial charge in [0.15, 0.2) is 0 Å². The Hall–Kier alpha value is -1.32. The van der Waals surface area contributed by atoms with Gasteiger partial charge >= 0.3 is 0 Å². The second kappa shape index (κ2) is 3.82. The van der Waals surface area contributed by atoms with Crippen LogP contribution in [-0.2, 0) is 0 Å². The molecule has 0 radical (unpaired) electrons. The van der Waals surface area contributed by atoms with Crippen LogP contribution in [0.25, 0.3) is 0 Å². The average molecular weight is 195 g/mol. The fourth-order valence-electron chi connectivity index (χ4n) is 0.926. The number of hydrogen-bond donors (Lipinski definition) is 1. The van der Waals surface area contributed by atoms with E-state index in [4.69, 9.17) is 10.5 Å². The van der Waals surface area contributed by atoms with Crippen LogP contribution in [0.5, 0.6) is 5.88 Å². The minimum absolute atomic E-state index is 0.119. The standard InChI is InChI=1S/C10H17N3O/c1-7-5-8(13-9(11)12-7)14-6-10(2,3)4/h5H,6H2,1-4H3,(H2,11,12,13). The van der Waals surface area contributed by atoms with E-state index in [9.17, 15) is 0 Å². The molecule has 1 aromatic heterocycles. The topological polar surface area (TPSA) is 61.0 Å². The highest BCUT2D eigenvalue weighted by atomic mass is 16.5. The van der Waals surface area contributed by atoms with Gasteiger partial charge in [0.2, 0.25) is 11.8 Å². The first-order chi connectivity index (χ1) is 6.37. The third kappa shape index (κ3) is 3.60. The summed E-state index contributed by atoms with van der Waals surface area (Å²) in [5.41, 5.74) is 6.44. The molecule has 0 aliphatic rings. The SMILES string of the molecule is Cc1cc(OCC(C)(C)C)nc(N)n1. The summed E-state index contributed by atoms with van der Waals surface area (Å²) >= 11 is 0. The maximum atomic E-state index is 5.50. The Bertz CT molecular complexity index is 297. The van der Waals surface area contributed by atoms with Crippen LogP contribution in [0.15, 0.2) is 6.07 Å². The lowest BCUT2D eigenvalue weighted by Crippen LogP contribution is -2.17. The van der Waals surface area contributed by atoms with Gasteiger partial charge in [-0.05, 0) is 12.3 Å². The van der Waals surface area contributed by atoms with Crippen molar-refractivity contribution in [1.82, 2.24) is 9.97 Å². The molecule has 14 heavy (non-hydrogen) atoms. The van der Waals surface area contributed by atoms with Crippen molar-refractivity contribution in [3.8, 4) is 5.88 Å². The molecule has 0 atom stereocenters. The second-order valence-corrected chi connectivity index (χ2v) is 4.56. The maximum absolute atomic E-state index is 5.50. The minimum Gasteiger partial charge on any atom is -0.477 e. The van der Waals surface area contributed by atoms with Crippen LogP contribution in [0, 0.1) is 12.3 Å². The lowest BCUT2D eigenvalue weighted by atomic mass is 9.99. The molecule has 0 bridgehead atoms. The van der Waals surface area contributed by atoms with Gasteiger partial charge in [-0.25, -0.2) is 4.98 Å². The molecule has 0 aliphatic heterocycles. The van der Waals surface area contributed by atoms with Gasteiger partial charge in [-0.2, -0.15) is 4.98 Å². The number of nitrogens with zero attached hydrogens (tertiary/aromatic N) is 2. The molecule has 4 heteroatoms. The molecule has 4 nitrogen and oxygen atoms in total. The Labute approximate surface area is 84.5 Å². The average Bonchev–Trinajstić information content (AvgIpc) is 1.97. The number of anilines is 1. The zero-order chi connectivity index (χ0) is 10.8. The lowest BCUT2D eigenvalue weighted by Gasteiger charge is -2.18. The summed E-state index contributed by atoms with van der Waals surface area (Å²) in [5.74, 6) is 0.804. The zero-order valence-corrected chi connectivity index (χ0v) is 9.16. The van der Waals surface area contributed by atoms with E-state index in [0.29, 0.717) is 12.5 Å². The highest BCUT2D eigenvalue weighted by Crippen LogP contribution is 2.16. The fraction of sp³-hybridized carbons (Fsp3) is 0.600. The maximum Gasteiger partial charge on any atom is 0.223 e. The third-order valence-corrected chi connectivity index (χ3v) is 1.50. The molecule has 0 saturated carbocycles. The van der Waals surface area contributed by atoms with Crippen molar-refractivity contribution in [3.63, 3.8) is 0 Å². The van der Waals surface area contributed by atoms with Gasteiger partial charge < -0.3 is 10.5 Å². The minimum atomic E-state index is 0.119. The van der Waals surface area contributed by atoms with E-state index >= 15 is 0 Å². The molecule has 78 valence electrons. The Morgan fingerprint density at radius 2 is 2.00 bits per heavy atom. The van der Waals surface area contributed by atoms with E-state index in [1.54, 1.807) is 6.07 Å². The van der Waals surface area contributed by atoms with Crippen molar-refractivity contribution in [2.45, 2.75) is 27.7 Å². The molecule has 2 N–H and O–H groups in total. The molecular formula is C10H17N3O. The summed E-state index contributed by atoms with van der Waals surface area (Å²) < 4.78 is 5.50. The van der Waals surface area contributed by atoms with Crippen LogP contribution in [0.1, 0.15) is 26.5 Å². The highest BCUT2D eigenvalue weighted by Gasteiger charge is 2.11. The Morgan fingerprint density at radius 3 is 2.50 bits per heavy atom. The lowest BCUT2D eigenvalue weighted by molar-refractivity contribution is 0.191. The molecule has 0 unspecified atom stereocenters. The predicted molar refractivity (Wildman–Crippen MR) is 56.1 cm³/mol. The number of hydrogen-bond acceptors (Lipinski definition) is 4. The molecule has 0 amide bonds. The third-order valence-electron chi connectivity index (χ3n) is 1.50. The van der Waals surface area contributed by atoms with Gasteiger partial charge in [-0.15, -0.1) is 0 Å². The highest BCUT2D eigenvalue weighted by molar-refractivity contribution is 5.25. The van der Waals surface area contributed by atoms with Crippen molar-refractivity contribution >= 4 is 5.95 Å². The monoisotopic (exact) mass is 195 g/mol. The molecular weight excluding hydrogens is 178 g/mol. The van der Waals surface area contributed by atoms with Gasteiger partial charge in [-0.3, -0.25) is 0 Å². The summed E-state index contributed by atoms with van der Waals surface area (Å²) in [6.45, 7) is 8.78. The van der Waals surface area contributed by atoms with Crippen molar-refractivity contribution in [3.05, 3.63) is 11.8 Å². The number of ether oxygens (including phenoxy) is 1. The quantitative estimate of drug-likeness (QED) is 0.781. The molecule has 0 aliphatic carbocycles. The zero-order valence-electron chi connectivity index (χ0n) is 9.16. The molecule has 0 fully saturated rings. The smallest absolute Gasteiger partial charge is 0.223 e. The predicted octanol–water partition coefficient (Wildman–Crippen LogP) is 1.79. The van der Waals surface area contributed by atoms with E-state index in [2.05, 4.69) is 30.7 Å². The molecule has 0 spiro atoms. The number of nitrogen functional groups attached to an aromatic ring is 1. The number of aromatic nitrogens is 2. The van der Waals surface area contributed by atoms with E-state index in [0.717, 1.165) is 5.69 Å². The number of nitrogens with two attached hydrogens (primary N) is 1. The van der Waals surface area contributed by atoms with Crippen molar-refractivity contribution in [2.75, 3.05) is 12.3 Å². The number of rotatable bonds is 2. The first kappa shape index (κ1) is 10.8. The van der Waals surface area contributed by atoms with Crippen LogP contribution in [0.2, 0.25) is 0 Å². The molecule has 0 saturated heterocycles. The summed E-state index contributed by atoms with van der Waals surface area (Å²) in [4.78, 5) is 7.95. The van der Waals surface area contributed by atoms with E-state index in [-0.39, 0.29) is 11.4 Å². The van der Waals surface area contributed by atoms with Crippen molar-refractivity contribution < 1.29 is 4.74 Å². The first-order valence-electron chi connectivity index (χ1n) is 4.61. The van der Waals surface area contributed by atoms with Crippen LogP contribution in [-0.4, -0.2) is 16.6 Å². The molecule has 1 aromatic rings. The molecule has 0 aromatic carbocycles. The first-order valence-corrected chi connectivity index (χ1v) is 4.61. The molecule has 1 heterocycles. The van der Waals surface area contributed by atoms with Gasteiger partial charge in [-0.1, -0.05) is 20.8 Å². The normalized spacial score (nSPS) is 11.4. The van der Waals surface area contributed by atoms with Gasteiger partial charge in [0.25, 0.3) is 0 Å². The Kier molecular flexibility index (Phi) is 2.93. The van der Waals surface area contributed by atoms with Crippen LogP contribution in [0.3, 0.4) is 0 Å². The van der Waals surface area contributed by atoms with Gasteiger partial charge in [0, 0.05) is 11.8 Å². The van der Waals surface area contributed by atoms with E-state index < -0.39 is 0 Å². The summed E-state index contributed by atoms with van der Waals surface area (Å²) in [6, 6.07) is 1.78. The molecule has 1 rings (SSSR count). The van der Waals surface area contributed by atoms with Gasteiger partial charge in [0.05, 0.1) is 6.61 Å². The van der Waals surface area contributed by atoms with Gasteiger partial charge in [0.1, 0.15) is 0 Å². The van der Waals surface area contributed by atoms with E-state index in [1.165, 1.54) is 0 Å².